The number of hydrogen-bond acceptors (Lipinski definition) is 4. The van der Waals surface area contributed by atoms with Gasteiger partial charge >= 0.3 is 0 Å². The van der Waals surface area contributed by atoms with Crippen LogP contribution in [0.25, 0.3) is 0 Å². The molecule has 3 rings (SSSR count). The van der Waals surface area contributed by atoms with E-state index in [1.807, 2.05) is 16.2 Å². The zero-order chi connectivity index (χ0) is 14.1. The number of nitrogens with zero attached hydrogens (tertiary/aromatic N) is 2. The first kappa shape index (κ1) is 16.7. The first-order valence-electron chi connectivity index (χ1n) is 7.68. The molecule has 0 saturated carbocycles. The monoisotopic (exact) mass is 329 g/mol. The fourth-order valence-corrected chi connectivity index (χ4v) is 4.49. The van der Waals surface area contributed by atoms with Crippen molar-refractivity contribution in [2.24, 2.45) is 5.73 Å². The SMILES string of the molecule is CC(N)C(=O)N1CCCC(c2nc3c(s2)CCCC3)C1.Cl. The maximum Gasteiger partial charge on any atom is 0.239 e. The fraction of sp³-hybridized carbons (Fsp3) is 0.733. The second kappa shape index (κ2) is 7.07. The maximum absolute atomic E-state index is 12.1. The minimum absolute atomic E-state index is 0. The Kier molecular flexibility index (Phi) is 5.63. The summed E-state index contributed by atoms with van der Waals surface area (Å²) < 4.78 is 0. The van der Waals surface area contributed by atoms with E-state index < -0.39 is 6.04 Å². The molecule has 6 heteroatoms. The molecule has 0 bridgehead atoms. The lowest BCUT2D eigenvalue weighted by atomic mass is 9.98. The minimum Gasteiger partial charge on any atom is -0.341 e. The van der Waals surface area contributed by atoms with Crippen LogP contribution in [0.4, 0.5) is 0 Å². The molecule has 118 valence electrons. The number of carbonyl (C=O) groups excluding carboxylic acids is 1. The normalized spacial score (nSPS) is 23.1. The number of aryl methyl sites for hydroxylation is 2. The number of amides is 1. The van der Waals surface area contributed by atoms with Crippen molar-refractivity contribution in [3.63, 3.8) is 0 Å². The molecular formula is C15H24ClN3OS. The molecule has 0 aromatic carbocycles. The summed E-state index contributed by atoms with van der Waals surface area (Å²) in [5.41, 5.74) is 7.05. The number of carbonyl (C=O) groups is 1. The van der Waals surface area contributed by atoms with Crippen LogP contribution < -0.4 is 5.73 Å². The molecule has 1 aliphatic heterocycles. The van der Waals surface area contributed by atoms with E-state index in [0.717, 1.165) is 32.4 Å². The number of hydrogen-bond donors (Lipinski definition) is 1. The first-order chi connectivity index (χ1) is 9.65. The van der Waals surface area contributed by atoms with Crippen molar-refractivity contribution in [1.82, 2.24) is 9.88 Å². The summed E-state index contributed by atoms with van der Waals surface area (Å²) in [6, 6.07) is -0.391. The standard InChI is InChI=1S/C15H23N3OS.ClH/c1-10(16)15(19)18-8-4-5-11(9-18)14-17-12-6-2-3-7-13(12)20-14;/h10-11H,2-9,16H2,1H3;1H. The average Bonchev–Trinajstić information content (AvgIpc) is 2.90. The Labute approximate surface area is 136 Å². The average molecular weight is 330 g/mol. The molecule has 1 aromatic rings. The Morgan fingerprint density at radius 3 is 2.86 bits per heavy atom. The van der Waals surface area contributed by atoms with Crippen molar-refractivity contribution in [2.75, 3.05) is 13.1 Å². The molecule has 2 unspecified atom stereocenters. The van der Waals surface area contributed by atoms with Gasteiger partial charge in [-0.15, -0.1) is 23.7 Å². The predicted octanol–water partition coefficient (Wildman–Crippen LogP) is 2.50. The summed E-state index contributed by atoms with van der Waals surface area (Å²) in [7, 11) is 0. The second-order valence-electron chi connectivity index (χ2n) is 6.04. The molecule has 21 heavy (non-hydrogen) atoms. The summed E-state index contributed by atoms with van der Waals surface area (Å²) in [4.78, 5) is 20.3. The third-order valence-corrected chi connectivity index (χ3v) is 5.65. The minimum atomic E-state index is -0.391. The van der Waals surface area contributed by atoms with Crippen LogP contribution in [0.5, 0.6) is 0 Å². The van der Waals surface area contributed by atoms with Gasteiger partial charge in [0.2, 0.25) is 5.91 Å². The number of fused-ring (bicyclic) bond motifs is 1. The van der Waals surface area contributed by atoms with Gasteiger partial charge in [0.1, 0.15) is 0 Å². The highest BCUT2D eigenvalue weighted by atomic mass is 35.5. The van der Waals surface area contributed by atoms with Crippen molar-refractivity contribution in [1.29, 1.82) is 0 Å². The Bertz CT molecular complexity index is 480. The smallest absolute Gasteiger partial charge is 0.239 e. The van der Waals surface area contributed by atoms with Crippen molar-refractivity contribution in [3.8, 4) is 0 Å². The number of rotatable bonds is 2. The van der Waals surface area contributed by atoms with E-state index in [-0.39, 0.29) is 18.3 Å². The summed E-state index contributed by atoms with van der Waals surface area (Å²) in [6.45, 7) is 3.42. The molecule has 1 amide bonds. The van der Waals surface area contributed by atoms with E-state index in [1.165, 1.54) is 34.8 Å². The largest absolute Gasteiger partial charge is 0.341 e. The lowest BCUT2D eigenvalue weighted by molar-refractivity contribution is -0.133. The quantitative estimate of drug-likeness (QED) is 0.907. The van der Waals surface area contributed by atoms with E-state index in [1.54, 1.807) is 6.92 Å². The molecule has 1 aromatic heterocycles. The third kappa shape index (κ3) is 3.58. The Morgan fingerprint density at radius 1 is 1.38 bits per heavy atom. The summed E-state index contributed by atoms with van der Waals surface area (Å²) in [5.74, 6) is 0.498. The van der Waals surface area contributed by atoms with Gasteiger partial charge in [-0.05, 0) is 45.4 Å². The topological polar surface area (TPSA) is 59.2 Å². The van der Waals surface area contributed by atoms with Gasteiger partial charge in [-0.3, -0.25) is 4.79 Å². The van der Waals surface area contributed by atoms with Gasteiger partial charge in [-0.2, -0.15) is 0 Å². The van der Waals surface area contributed by atoms with E-state index in [9.17, 15) is 4.79 Å². The van der Waals surface area contributed by atoms with E-state index >= 15 is 0 Å². The van der Waals surface area contributed by atoms with E-state index in [2.05, 4.69) is 0 Å². The van der Waals surface area contributed by atoms with Gasteiger partial charge < -0.3 is 10.6 Å². The van der Waals surface area contributed by atoms with Crippen LogP contribution in [0.1, 0.15) is 54.1 Å². The summed E-state index contributed by atoms with van der Waals surface area (Å²) in [5, 5.41) is 1.25. The molecule has 0 spiro atoms. The van der Waals surface area contributed by atoms with Crippen LogP contribution in [0.2, 0.25) is 0 Å². The van der Waals surface area contributed by atoms with Crippen LogP contribution in [0, 0.1) is 0 Å². The molecule has 1 aliphatic carbocycles. The van der Waals surface area contributed by atoms with Crippen molar-refractivity contribution >= 4 is 29.7 Å². The highest BCUT2D eigenvalue weighted by Crippen LogP contribution is 2.34. The number of thiazole rings is 1. The third-order valence-electron chi connectivity index (χ3n) is 4.33. The summed E-state index contributed by atoms with van der Waals surface area (Å²) >= 11 is 1.88. The molecule has 2 heterocycles. The Morgan fingerprint density at radius 2 is 2.14 bits per heavy atom. The van der Waals surface area contributed by atoms with Crippen LogP contribution in [-0.4, -0.2) is 34.9 Å². The van der Waals surface area contributed by atoms with Gasteiger partial charge in [0, 0.05) is 23.9 Å². The van der Waals surface area contributed by atoms with E-state index in [4.69, 9.17) is 10.7 Å². The lowest BCUT2D eigenvalue weighted by Gasteiger charge is -2.32. The molecule has 4 nitrogen and oxygen atoms in total. The summed E-state index contributed by atoms with van der Waals surface area (Å²) in [6.07, 6.45) is 7.12. The first-order valence-corrected chi connectivity index (χ1v) is 8.49. The van der Waals surface area contributed by atoms with Gasteiger partial charge in [0.05, 0.1) is 16.7 Å². The number of halogens is 1. The Hall–Kier alpha value is -0.650. The lowest BCUT2D eigenvalue weighted by Crippen LogP contribution is -2.46. The van der Waals surface area contributed by atoms with Gasteiger partial charge in [-0.1, -0.05) is 0 Å². The molecule has 0 radical (unpaired) electrons. The van der Waals surface area contributed by atoms with Gasteiger partial charge in [0.25, 0.3) is 0 Å². The number of aromatic nitrogens is 1. The van der Waals surface area contributed by atoms with Crippen LogP contribution in [0.15, 0.2) is 0 Å². The fourth-order valence-electron chi connectivity index (χ4n) is 3.21. The maximum atomic E-state index is 12.1. The van der Waals surface area contributed by atoms with Crippen molar-refractivity contribution in [3.05, 3.63) is 15.6 Å². The number of piperidine rings is 1. The molecule has 2 N–H and O–H groups in total. The van der Waals surface area contributed by atoms with Crippen LogP contribution in [0.3, 0.4) is 0 Å². The van der Waals surface area contributed by atoms with Crippen LogP contribution in [-0.2, 0) is 17.6 Å². The Balaban J connectivity index is 0.00000161. The van der Waals surface area contributed by atoms with Crippen molar-refractivity contribution < 1.29 is 4.79 Å². The highest BCUT2D eigenvalue weighted by molar-refractivity contribution is 7.11. The number of nitrogens with two attached hydrogens (primary N) is 1. The molecule has 1 fully saturated rings. The molecule has 1 saturated heterocycles. The van der Waals surface area contributed by atoms with Crippen LogP contribution >= 0.6 is 23.7 Å². The predicted molar refractivity (Wildman–Crippen MR) is 88.2 cm³/mol. The molecule has 2 aliphatic rings. The van der Waals surface area contributed by atoms with Gasteiger partial charge in [-0.25, -0.2) is 4.98 Å². The van der Waals surface area contributed by atoms with Gasteiger partial charge in [0.15, 0.2) is 0 Å². The number of likely N-dealkylation sites (tertiary alicyclic amines) is 1. The second-order valence-corrected chi connectivity index (χ2v) is 7.16. The van der Waals surface area contributed by atoms with E-state index in [0.29, 0.717) is 5.92 Å². The zero-order valence-corrected chi connectivity index (χ0v) is 14.1. The zero-order valence-electron chi connectivity index (χ0n) is 12.5. The highest BCUT2D eigenvalue weighted by Gasteiger charge is 2.29. The van der Waals surface area contributed by atoms with Crippen molar-refractivity contribution in [2.45, 2.75) is 57.4 Å². The molecular weight excluding hydrogens is 306 g/mol. The molecule has 2 atom stereocenters.